The van der Waals surface area contributed by atoms with Crippen molar-refractivity contribution in [1.29, 1.82) is 0 Å². The van der Waals surface area contributed by atoms with Crippen molar-refractivity contribution < 1.29 is 9.53 Å². The highest BCUT2D eigenvalue weighted by atomic mass is 35.5. The van der Waals surface area contributed by atoms with Crippen molar-refractivity contribution in [3.05, 3.63) is 34.9 Å². The molecule has 0 bridgehead atoms. The van der Waals surface area contributed by atoms with Gasteiger partial charge in [-0.1, -0.05) is 23.7 Å². The van der Waals surface area contributed by atoms with Gasteiger partial charge < -0.3 is 15.8 Å². The SMILES string of the molecule is NC[C@]1(c2cccc(Cl)c2)CC[C@H](NC(=O)CN2CCOCC2)CC1. The van der Waals surface area contributed by atoms with Crippen LogP contribution >= 0.6 is 11.6 Å². The van der Waals surface area contributed by atoms with E-state index in [1.54, 1.807) is 0 Å². The van der Waals surface area contributed by atoms with Gasteiger partial charge in [-0.05, 0) is 43.4 Å². The standard InChI is InChI=1S/C19H28ClN3O2/c20-16-3-1-2-15(12-16)19(14-21)6-4-17(5-7-19)22-18(24)13-23-8-10-25-11-9-23/h1-3,12,17H,4-11,13-14,21H2,(H,22,24)/t17-,19-. The maximum absolute atomic E-state index is 12.3. The molecule has 0 spiro atoms. The minimum Gasteiger partial charge on any atom is -0.379 e. The Morgan fingerprint density at radius 3 is 2.68 bits per heavy atom. The van der Waals surface area contributed by atoms with Gasteiger partial charge in [0.1, 0.15) is 0 Å². The van der Waals surface area contributed by atoms with E-state index in [4.69, 9.17) is 22.1 Å². The number of amides is 1. The van der Waals surface area contributed by atoms with Gasteiger partial charge in [0.15, 0.2) is 0 Å². The second-order valence-electron chi connectivity index (χ2n) is 7.23. The van der Waals surface area contributed by atoms with Crippen LogP contribution in [0, 0.1) is 0 Å². The third-order valence-electron chi connectivity index (χ3n) is 5.61. The van der Waals surface area contributed by atoms with Gasteiger partial charge >= 0.3 is 0 Å². The van der Waals surface area contributed by atoms with Crippen LogP contribution in [-0.4, -0.2) is 56.2 Å². The van der Waals surface area contributed by atoms with E-state index in [1.807, 2.05) is 18.2 Å². The fraction of sp³-hybridized carbons (Fsp3) is 0.632. The lowest BCUT2D eigenvalue weighted by atomic mass is 9.68. The summed E-state index contributed by atoms with van der Waals surface area (Å²) >= 11 is 6.16. The Labute approximate surface area is 154 Å². The van der Waals surface area contributed by atoms with Gasteiger partial charge in [-0.25, -0.2) is 0 Å². The molecule has 5 nitrogen and oxygen atoms in total. The van der Waals surface area contributed by atoms with Crippen LogP contribution in [0.5, 0.6) is 0 Å². The number of hydrogen-bond donors (Lipinski definition) is 2. The van der Waals surface area contributed by atoms with Crippen LogP contribution in [0.2, 0.25) is 5.02 Å². The zero-order chi connectivity index (χ0) is 17.7. The second kappa shape index (κ2) is 8.49. The molecule has 0 unspecified atom stereocenters. The lowest BCUT2D eigenvalue weighted by molar-refractivity contribution is -0.124. The number of nitrogens with one attached hydrogen (secondary N) is 1. The van der Waals surface area contributed by atoms with Gasteiger partial charge in [0.05, 0.1) is 19.8 Å². The molecule has 138 valence electrons. The van der Waals surface area contributed by atoms with Crippen LogP contribution in [-0.2, 0) is 14.9 Å². The highest BCUT2D eigenvalue weighted by molar-refractivity contribution is 6.30. The molecule has 1 aromatic carbocycles. The topological polar surface area (TPSA) is 67.6 Å². The Morgan fingerprint density at radius 1 is 1.32 bits per heavy atom. The number of ether oxygens (including phenoxy) is 1. The summed E-state index contributed by atoms with van der Waals surface area (Å²) in [6.07, 6.45) is 3.87. The van der Waals surface area contributed by atoms with E-state index >= 15 is 0 Å². The molecular formula is C19H28ClN3O2. The number of hydrogen-bond acceptors (Lipinski definition) is 4. The maximum Gasteiger partial charge on any atom is 0.234 e. The molecule has 2 fully saturated rings. The average Bonchev–Trinajstić information content (AvgIpc) is 2.63. The number of morpholine rings is 1. The minimum atomic E-state index is -0.0175. The Kier molecular flexibility index (Phi) is 6.34. The predicted octanol–water partition coefficient (Wildman–Crippen LogP) is 1.93. The predicted molar refractivity (Wildman–Crippen MR) is 99.8 cm³/mol. The average molecular weight is 366 g/mol. The summed E-state index contributed by atoms with van der Waals surface area (Å²) in [5.41, 5.74) is 7.35. The summed E-state index contributed by atoms with van der Waals surface area (Å²) in [5, 5.41) is 3.96. The van der Waals surface area contributed by atoms with E-state index in [1.165, 1.54) is 5.56 Å². The number of carbonyl (C=O) groups is 1. The third kappa shape index (κ3) is 4.73. The monoisotopic (exact) mass is 365 g/mol. The molecule has 0 atom stereocenters. The molecule has 0 aromatic heterocycles. The van der Waals surface area contributed by atoms with Gasteiger partial charge in [-0.2, -0.15) is 0 Å². The van der Waals surface area contributed by atoms with Crippen LogP contribution in [0.15, 0.2) is 24.3 Å². The Hall–Kier alpha value is -1.14. The molecule has 1 aromatic rings. The Balaban J connectivity index is 1.52. The number of nitrogens with two attached hydrogens (primary N) is 1. The van der Waals surface area contributed by atoms with E-state index in [9.17, 15) is 4.79 Å². The van der Waals surface area contributed by atoms with E-state index < -0.39 is 0 Å². The van der Waals surface area contributed by atoms with E-state index in [-0.39, 0.29) is 17.4 Å². The molecular weight excluding hydrogens is 338 g/mol. The number of rotatable bonds is 5. The molecule has 3 rings (SSSR count). The van der Waals surface area contributed by atoms with E-state index in [2.05, 4.69) is 16.3 Å². The third-order valence-corrected chi connectivity index (χ3v) is 5.84. The van der Waals surface area contributed by atoms with Gasteiger partial charge in [0, 0.05) is 36.1 Å². The summed E-state index contributed by atoms with van der Waals surface area (Å²) in [6.45, 7) is 4.19. The van der Waals surface area contributed by atoms with Crippen LogP contribution in [0.3, 0.4) is 0 Å². The summed E-state index contributed by atoms with van der Waals surface area (Å²) in [7, 11) is 0. The molecule has 1 heterocycles. The lowest BCUT2D eigenvalue weighted by Crippen LogP contribution is -2.49. The fourth-order valence-corrected chi connectivity index (χ4v) is 4.17. The van der Waals surface area contributed by atoms with Crippen LogP contribution in [0.4, 0.5) is 0 Å². The highest BCUT2D eigenvalue weighted by Crippen LogP contribution is 2.39. The number of carbonyl (C=O) groups excluding carboxylic acids is 1. The van der Waals surface area contributed by atoms with Gasteiger partial charge in [-0.15, -0.1) is 0 Å². The van der Waals surface area contributed by atoms with Crippen LogP contribution in [0.1, 0.15) is 31.2 Å². The smallest absolute Gasteiger partial charge is 0.234 e. The first kappa shape index (κ1) is 18.6. The van der Waals surface area contributed by atoms with Gasteiger partial charge in [0.2, 0.25) is 5.91 Å². The highest BCUT2D eigenvalue weighted by Gasteiger charge is 2.36. The first-order valence-electron chi connectivity index (χ1n) is 9.17. The molecule has 1 saturated carbocycles. The van der Waals surface area contributed by atoms with Crippen molar-refractivity contribution in [2.75, 3.05) is 39.4 Å². The zero-order valence-corrected chi connectivity index (χ0v) is 15.4. The Morgan fingerprint density at radius 2 is 2.04 bits per heavy atom. The fourth-order valence-electron chi connectivity index (χ4n) is 3.98. The summed E-state index contributed by atoms with van der Waals surface area (Å²) in [6, 6.07) is 8.28. The largest absolute Gasteiger partial charge is 0.379 e. The van der Waals surface area contributed by atoms with Crippen LogP contribution in [0.25, 0.3) is 0 Å². The molecule has 2 aliphatic rings. The zero-order valence-electron chi connectivity index (χ0n) is 14.7. The summed E-state index contributed by atoms with van der Waals surface area (Å²) < 4.78 is 5.32. The molecule has 1 saturated heterocycles. The molecule has 1 amide bonds. The lowest BCUT2D eigenvalue weighted by Gasteiger charge is -2.40. The number of halogens is 1. The van der Waals surface area contributed by atoms with Gasteiger partial charge in [0.25, 0.3) is 0 Å². The molecule has 0 radical (unpaired) electrons. The Bertz CT molecular complexity index is 582. The van der Waals surface area contributed by atoms with Crippen molar-refractivity contribution in [2.24, 2.45) is 5.73 Å². The first-order chi connectivity index (χ1) is 12.1. The molecule has 6 heteroatoms. The van der Waals surface area contributed by atoms with Crippen molar-refractivity contribution in [1.82, 2.24) is 10.2 Å². The van der Waals surface area contributed by atoms with Gasteiger partial charge in [-0.3, -0.25) is 9.69 Å². The van der Waals surface area contributed by atoms with E-state index in [0.717, 1.165) is 57.0 Å². The molecule has 3 N–H and O–H groups in total. The van der Waals surface area contributed by atoms with E-state index in [0.29, 0.717) is 13.1 Å². The van der Waals surface area contributed by atoms with Crippen LogP contribution < -0.4 is 11.1 Å². The second-order valence-corrected chi connectivity index (χ2v) is 7.66. The normalized spacial score (nSPS) is 27.8. The summed E-state index contributed by atoms with van der Waals surface area (Å²) in [4.78, 5) is 14.4. The molecule has 1 aliphatic carbocycles. The first-order valence-corrected chi connectivity index (χ1v) is 9.55. The van der Waals surface area contributed by atoms with Crippen molar-refractivity contribution in [3.8, 4) is 0 Å². The summed E-state index contributed by atoms with van der Waals surface area (Å²) in [5.74, 6) is 0.120. The number of nitrogens with zero attached hydrogens (tertiary/aromatic N) is 1. The molecule has 25 heavy (non-hydrogen) atoms. The van der Waals surface area contributed by atoms with Crippen molar-refractivity contribution in [3.63, 3.8) is 0 Å². The van der Waals surface area contributed by atoms with Crippen molar-refractivity contribution >= 4 is 17.5 Å². The minimum absolute atomic E-state index is 0.0175. The quantitative estimate of drug-likeness (QED) is 0.836. The number of benzene rings is 1. The maximum atomic E-state index is 12.3. The van der Waals surface area contributed by atoms with Crippen molar-refractivity contribution in [2.45, 2.75) is 37.1 Å². The molecule has 1 aliphatic heterocycles.